The van der Waals surface area contributed by atoms with Gasteiger partial charge in [0, 0.05) is 5.56 Å². The largest absolute Gasteiger partial charge is 0.497 e. The fourth-order valence-electron chi connectivity index (χ4n) is 1.73. The van der Waals surface area contributed by atoms with Gasteiger partial charge in [0.2, 0.25) is 0 Å². The van der Waals surface area contributed by atoms with Crippen LogP contribution in [0.4, 0.5) is 5.82 Å². The summed E-state index contributed by atoms with van der Waals surface area (Å²) in [6, 6.07) is 5.48. The predicted octanol–water partition coefficient (Wildman–Crippen LogP) is 2.25. The van der Waals surface area contributed by atoms with Crippen LogP contribution in [0.15, 0.2) is 22.7 Å². The summed E-state index contributed by atoms with van der Waals surface area (Å²) in [5.41, 5.74) is 7.33. The monoisotopic (exact) mass is 234 g/mol. The fourth-order valence-corrected chi connectivity index (χ4v) is 1.73. The van der Waals surface area contributed by atoms with Crippen molar-refractivity contribution in [2.45, 2.75) is 6.92 Å². The number of nitrogens with zero attached hydrogens (tertiary/aromatic N) is 1. The lowest BCUT2D eigenvalue weighted by atomic mass is 10.0. The molecular formula is C12H14N2O3. The van der Waals surface area contributed by atoms with Crippen molar-refractivity contribution in [3.05, 3.63) is 24.0 Å². The van der Waals surface area contributed by atoms with Crippen LogP contribution >= 0.6 is 0 Å². The van der Waals surface area contributed by atoms with Crippen LogP contribution in [0.25, 0.3) is 11.1 Å². The van der Waals surface area contributed by atoms with Crippen LogP contribution in [-0.4, -0.2) is 19.4 Å². The number of anilines is 1. The molecule has 5 heteroatoms. The summed E-state index contributed by atoms with van der Waals surface area (Å²) in [6.07, 6.45) is 0. The molecule has 0 aliphatic heterocycles. The first-order valence-corrected chi connectivity index (χ1v) is 5.11. The molecule has 0 radical (unpaired) electrons. The number of aryl methyl sites for hydroxylation is 1. The van der Waals surface area contributed by atoms with E-state index in [1.54, 1.807) is 21.1 Å². The van der Waals surface area contributed by atoms with Crippen LogP contribution in [0.2, 0.25) is 0 Å². The van der Waals surface area contributed by atoms with Gasteiger partial charge < -0.3 is 19.7 Å². The average Bonchev–Trinajstić information content (AvgIpc) is 2.68. The molecule has 2 N–H and O–H groups in total. The number of nitrogens with two attached hydrogens (primary N) is 1. The number of ether oxygens (including phenoxy) is 2. The molecule has 0 fully saturated rings. The fraction of sp³-hybridized carbons (Fsp3) is 0.250. The SMILES string of the molecule is COc1ccc(OC)c(-c2c(N)noc2C)c1. The van der Waals surface area contributed by atoms with Crippen molar-refractivity contribution in [2.24, 2.45) is 0 Å². The molecule has 1 aromatic carbocycles. The Balaban J connectivity index is 2.64. The van der Waals surface area contributed by atoms with Crippen molar-refractivity contribution in [1.29, 1.82) is 0 Å². The van der Waals surface area contributed by atoms with Crippen molar-refractivity contribution < 1.29 is 14.0 Å². The van der Waals surface area contributed by atoms with Gasteiger partial charge in [-0.2, -0.15) is 0 Å². The second-order valence-electron chi connectivity index (χ2n) is 3.57. The van der Waals surface area contributed by atoms with E-state index < -0.39 is 0 Å². The van der Waals surface area contributed by atoms with Crippen LogP contribution in [0.3, 0.4) is 0 Å². The lowest BCUT2D eigenvalue weighted by Gasteiger charge is -2.09. The molecule has 0 amide bonds. The number of hydrogen-bond acceptors (Lipinski definition) is 5. The molecule has 0 spiro atoms. The first-order chi connectivity index (χ1) is 8.17. The predicted molar refractivity (Wildman–Crippen MR) is 64.2 cm³/mol. The number of benzene rings is 1. The van der Waals surface area contributed by atoms with Gasteiger partial charge in [-0.25, -0.2) is 0 Å². The summed E-state index contributed by atoms with van der Waals surface area (Å²) in [6.45, 7) is 1.80. The van der Waals surface area contributed by atoms with E-state index in [-0.39, 0.29) is 0 Å². The number of nitrogen functional groups attached to an aromatic ring is 1. The Morgan fingerprint density at radius 1 is 1.24 bits per heavy atom. The molecule has 2 rings (SSSR count). The lowest BCUT2D eigenvalue weighted by molar-refractivity contribution is 0.399. The molecule has 0 unspecified atom stereocenters. The van der Waals surface area contributed by atoms with E-state index in [2.05, 4.69) is 5.16 Å². The molecule has 0 bridgehead atoms. The van der Waals surface area contributed by atoms with Gasteiger partial charge in [0.25, 0.3) is 0 Å². The number of rotatable bonds is 3. The first-order valence-electron chi connectivity index (χ1n) is 5.11. The van der Waals surface area contributed by atoms with E-state index in [0.29, 0.717) is 17.3 Å². The normalized spacial score (nSPS) is 10.3. The van der Waals surface area contributed by atoms with E-state index in [1.807, 2.05) is 18.2 Å². The minimum atomic E-state index is 0.342. The molecule has 0 aliphatic rings. The smallest absolute Gasteiger partial charge is 0.175 e. The van der Waals surface area contributed by atoms with Gasteiger partial charge in [0.05, 0.1) is 19.8 Å². The van der Waals surface area contributed by atoms with E-state index >= 15 is 0 Å². The van der Waals surface area contributed by atoms with Crippen LogP contribution in [0.1, 0.15) is 5.76 Å². The van der Waals surface area contributed by atoms with Crippen LogP contribution < -0.4 is 15.2 Å². The van der Waals surface area contributed by atoms with Gasteiger partial charge in [-0.1, -0.05) is 5.16 Å². The van der Waals surface area contributed by atoms with Gasteiger partial charge in [-0.15, -0.1) is 0 Å². The highest BCUT2D eigenvalue weighted by Gasteiger charge is 2.17. The quantitative estimate of drug-likeness (QED) is 0.881. The molecule has 0 atom stereocenters. The Morgan fingerprint density at radius 3 is 2.53 bits per heavy atom. The van der Waals surface area contributed by atoms with Gasteiger partial charge >= 0.3 is 0 Å². The Labute approximate surface area is 99.1 Å². The van der Waals surface area contributed by atoms with Crippen molar-refractivity contribution in [2.75, 3.05) is 20.0 Å². The zero-order valence-corrected chi connectivity index (χ0v) is 9.98. The number of aromatic nitrogens is 1. The van der Waals surface area contributed by atoms with Crippen LogP contribution in [-0.2, 0) is 0 Å². The van der Waals surface area contributed by atoms with E-state index in [1.165, 1.54) is 0 Å². The minimum Gasteiger partial charge on any atom is -0.497 e. The maximum Gasteiger partial charge on any atom is 0.175 e. The highest BCUT2D eigenvalue weighted by molar-refractivity contribution is 5.80. The summed E-state index contributed by atoms with van der Waals surface area (Å²) >= 11 is 0. The Bertz CT molecular complexity index is 515. The highest BCUT2D eigenvalue weighted by Crippen LogP contribution is 2.38. The molecular weight excluding hydrogens is 220 g/mol. The van der Waals surface area contributed by atoms with Crippen molar-refractivity contribution in [1.82, 2.24) is 5.16 Å². The van der Waals surface area contributed by atoms with Crippen LogP contribution in [0, 0.1) is 6.92 Å². The Kier molecular flexibility index (Phi) is 2.91. The second-order valence-corrected chi connectivity index (χ2v) is 3.57. The Morgan fingerprint density at radius 2 is 2.00 bits per heavy atom. The molecule has 90 valence electrons. The van der Waals surface area contributed by atoms with E-state index in [4.69, 9.17) is 19.7 Å². The minimum absolute atomic E-state index is 0.342. The van der Waals surface area contributed by atoms with Crippen molar-refractivity contribution in [3.63, 3.8) is 0 Å². The Hall–Kier alpha value is -2.17. The highest BCUT2D eigenvalue weighted by atomic mass is 16.5. The van der Waals surface area contributed by atoms with Gasteiger partial charge in [-0.3, -0.25) is 0 Å². The summed E-state index contributed by atoms with van der Waals surface area (Å²) in [5.74, 6) is 2.41. The number of hydrogen-bond donors (Lipinski definition) is 1. The molecule has 17 heavy (non-hydrogen) atoms. The zero-order chi connectivity index (χ0) is 12.4. The standard InChI is InChI=1S/C12H14N2O3/c1-7-11(12(13)14-17-7)9-6-8(15-2)4-5-10(9)16-3/h4-6H,1-3H3,(H2,13,14). The van der Waals surface area contributed by atoms with Crippen LogP contribution in [0.5, 0.6) is 11.5 Å². The number of methoxy groups -OCH3 is 2. The van der Waals surface area contributed by atoms with E-state index in [9.17, 15) is 0 Å². The molecule has 1 aromatic heterocycles. The summed E-state index contributed by atoms with van der Waals surface area (Å²) in [7, 11) is 3.21. The maximum absolute atomic E-state index is 5.79. The first kappa shape index (κ1) is 11.3. The molecule has 0 saturated carbocycles. The molecule has 2 aromatic rings. The second kappa shape index (κ2) is 4.37. The topological polar surface area (TPSA) is 70.5 Å². The molecule has 5 nitrogen and oxygen atoms in total. The van der Waals surface area contributed by atoms with Gasteiger partial charge in [-0.05, 0) is 25.1 Å². The zero-order valence-electron chi connectivity index (χ0n) is 9.98. The lowest BCUT2D eigenvalue weighted by Crippen LogP contribution is -1.93. The molecule has 0 aliphatic carbocycles. The average molecular weight is 234 g/mol. The third-order valence-corrected chi connectivity index (χ3v) is 2.57. The summed E-state index contributed by atoms with van der Waals surface area (Å²) in [5, 5.41) is 3.73. The van der Waals surface area contributed by atoms with Crippen molar-refractivity contribution in [3.8, 4) is 22.6 Å². The third kappa shape index (κ3) is 1.91. The van der Waals surface area contributed by atoms with Gasteiger partial charge in [0.1, 0.15) is 17.3 Å². The molecule has 1 heterocycles. The summed E-state index contributed by atoms with van der Waals surface area (Å²) < 4.78 is 15.5. The summed E-state index contributed by atoms with van der Waals surface area (Å²) in [4.78, 5) is 0. The van der Waals surface area contributed by atoms with Crippen molar-refractivity contribution >= 4 is 5.82 Å². The molecule has 0 saturated heterocycles. The maximum atomic E-state index is 5.79. The van der Waals surface area contributed by atoms with E-state index in [0.717, 1.165) is 16.9 Å². The van der Waals surface area contributed by atoms with Gasteiger partial charge in [0.15, 0.2) is 5.82 Å². The third-order valence-electron chi connectivity index (χ3n) is 2.57.